The lowest BCUT2D eigenvalue weighted by Crippen LogP contribution is -2.50. The second kappa shape index (κ2) is 11.2. The highest BCUT2D eigenvalue weighted by atomic mass is 32.1. The lowest BCUT2D eigenvalue weighted by molar-refractivity contribution is -0.120. The molecule has 2 amide bonds. The third-order valence-corrected chi connectivity index (χ3v) is 3.41. The molecule has 1 aromatic carbocycles. The summed E-state index contributed by atoms with van der Waals surface area (Å²) in [7, 11) is 0. The topological polar surface area (TPSA) is 91.5 Å². The van der Waals surface area contributed by atoms with E-state index >= 15 is 0 Å². The number of hydrogen-bond acceptors (Lipinski definition) is 4. The molecule has 25 heavy (non-hydrogen) atoms. The van der Waals surface area contributed by atoms with E-state index in [4.69, 9.17) is 17.0 Å². The van der Waals surface area contributed by atoms with Crippen LogP contribution in [0.4, 0.5) is 0 Å². The molecule has 0 saturated heterocycles. The Balaban J connectivity index is 2.34. The van der Waals surface area contributed by atoms with Gasteiger partial charge in [-0.1, -0.05) is 26.0 Å². The van der Waals surface area contributed by atoms with Crippen LogP contribution in [0.3, 0.4) is 0 Å². The van der Waals surface area contributed by atoms with E-state index in [1.807, 2.05) is 6.92 Å². The summed E-state index contributed by atoms with van der Waals surface area (Å²) in [6.07, 6.45) is 0.977. The molecule has 0 unspecified atom stereocenters. The fourth-order valence-electron chi connectivity index (χ4n) is 1.88. The highest BCUT2D eigenvalue weighted by molar-refractivity contribution is 7.80. The van der Waals surface area contributed by atoms with Gasteiger partial charge in [0.05, 0.1) is 18.7 Å². The van der Waals surface area contributed by atoms with Gasteiger partial charge < -0.3 is 15.4 Å². The summed E-state index contributed by atoms with van der Waals surface area (Å²) in [6.45, 7) is 7.08. The first-order chi connectivity index (χ1) is 11.9. The van der Waals surface area contributed by atoms with E-state index in [1.165, 1.54) is 0 Å². The first-order valence-electron chi connectivity index (χ1n) is 8.26. The SMILES string of the molecule is CCOc1ccccc1C(=O)NCC(=O)NNC(=S)NCCC(C)C. The van der Waals surface area contributed by atoms with E-state index in [1.54, 1.807) is 24.3 Å². The van der Waals surface area contributed by atoms with E-state index in [0.717, 1.165) is 13.0 Å². The van der Waals surface area contributed by atoms with Gasteiger partial charge >= 0.3 is 0 Å². The van der Waals surface area contributed by atoms with Gasteiger partial charge in [-0.05, 0) is 43.6 Å². The molecule has 0 aromatic heterocycles. The molecule has 0 aliphatic rings. The third-order valence-electron chi connectivity index (χ3n) is 3.16. The lowest BCUT2D eigenvalue weighted by Gasteiger charge is -2.13. The van der Waals surface area contributed by atoms with Crippen molar-refractivity contribution < 1.29 is 14.3 Å². The Labute approximate surface area is 153 Å². The van der Waals surface area contributed by atoms with Crippen molar-refractivity contribution in [3.8, 4) is 5.75 Å². The minimum Gasteiger partial charge on any atom is -0.493 e. The summed E-state index contributed by atoms with van der Waals surface area (Å²) in [5, 5.41) is 5.86. The highest BCUT2D eigenvalue weighted by Crippen LogP contribution is 2.17. The van der Waals surface area contributed by atoms with E-state index < -0.39 is 5.91 Å². The van der Waals surface area contributed by atoms with Gasteiger partial charge in [0.15, 0.2) is 5.11 Å². The molecule has 0 atom stereocenters. The lowest BCUT2D eigenvalue weighted by atomic mass is 10.1. The predicted molar refractivity (Wildman–Crippen MR) is 101 cm³/mol. The van der Waals surface area contributed by atoms with Crippen molar-refractivity contribution in [2.45, 2.75) is 27.2 Å². The minimum atomic E-state index is -0.407. The van der Waals surface area contributed by atoms with Gasteiger partial charge in [0.1, 0.15) is 5.75 Å². The van der Waals surface area contributed by atoms with Crippen molar-refractivity contribution in [3.05, 3.63) is 29.8 Å². The third kappa shape index (κ3) is 8.35. The maximum absolute atomic E-state index is 12.2. The van der Waals surface area contributed by atoms with E-state index in [-0.39, 0.29) is 12.5 Å². The number of hydrogen-bond donors (Lipinski definition) is 4. The van der Waals surface area contributed by atoms with Gasteiger partial charge in [0, 0.05) is 6.54 Å². The number of amides is 2. The van der Waals surface area contributed by atoms with Crippen molar-refractivity contribution in [1.29, 1.82) is 0 Å². The largest absolute Gasteiger partial charge is 0.493 e. The van der Waals surface area contributed by atoms with Crippen molar-refractivity contribution in [2.24, 2.45) is 5.92 Å². The second-order valence-electron chi connectivity index (χ2n) is 5.72. The standard InChI is InChI=1S/C17H26N4O3S/c1-4-24-14-8-6-5-7-13(14)16(23)19-11-15(22)20-21-17(25)18-10-9-12(2)3/h5-8,12H,4,9-11H2,1-3H3,(H,19,23)(H,20,22)(H2,18,21,25). The number of thiocarbonyl (C=S) groups is 1. The first-order valence-corrected chi connectivity index (χ1v) is 8.67. The summed E-state index contributed by atoms with van der Waals surface area (Å²) < 4.78 is 5.40. The molecule has 1 rings (SSSR count). The maximum atomic E-state index is 12.2. The van der Waals surface area contributed by atoms with E-state index in [0.29, 0.717) is 29.0 Å². The van der Waals surface area contributed by atoms with Crippen molar-refractivity contribution in [3.63, 3.8) is 0 Å². The average Bonchev–Trinajstić information content (AvgIpc) is 2.58. The van der Waals surface area contributed by atoms with Crippen molar-refractivity contribution >= 4 is 29.1 Å². The van der Waals surface area contributed by atoms with Crippen LogP contribution in [0.1, 0.15) is 37.6 Å². The number of hydrazine groups is 1. The van der Waals surface area contributed by atoms with Crippen LogP contribution in [0.25, 0.3) is 0 Å². The van der Waals surface area contributed by atoms with Crippen molar-refractivity contribution in [2.75, 3.05) is 19.7 Å². The number of rotatable bonds is 8. The molecule has 0 saturated carbocycles. The van der Waals surface area contributed by atoms with Crippen LogP contribution in [-0.2, 0) is 4.79 Å². The Kier molecular flexibility index (Phi) is 9.31. The number of carbonyl (C=O) groups excluding carboxylic acids is 2. The van der Waals surface area contributed by atoms with E-state index in [2.05, 4.69) is 35.3 Å². The van der Waals surface area contributed by atoms with Gasteiger partial charge in [0.25, 0.3) is 11.8 Å². The van der Waals surface area contributed by atoms with Crippen LogP contribution in [0.5, 0.6) is 5.75 Å². The Bertz CT molecular complexity index is 593. The molecule has 0 heterocycles. The van der Waals surface area contributed by atoms with Crippen LogP contribution < -0.4 is 26.2 Å². The number of para-hydroxylation sites is 1. The fraction of sp³-hybridized carbons (Fsp3) is 0.471. The monoisotopic (exact) mass is 366 g/mol. The zero-order chi connectivity index (χ0) is 18.7. The number of benzene rings is 1. The number of nitrogens with one attached hydrogen (secondary N) is 4. The Morgan fingerprint density at radius 2 is 1.88 bits per heavy atom. The number of carbonyl (C=O) groups is 2. The summed E-state index contributed by atoms with van der Waals surface area (Å²) in [4.78, 5) is 23.9. The molecule has 7 nitrogen and oxygen atoms in total. The summed E-state index contributed by atoms with van der Waals surface area (Å²) in [6, 6.07) is 6.87. The van der Waals surface area contributed by atoms with Gasteiger partial charge in [-0.25, -0.2) is 0 Å². The molecule has 1 aromatic rings. The number of ether oxygens (including phenoxy) is 1. The van der Waals surface area contributed by atoms with Gasteiger partial charge in [-0.15, -0.1) is 0 Å². The molecule has 0 aliphatic heterocycles. The smallest absolute Gasteiger partial charge is 0.257 e. The molecule has 0 radical (unpaired) electrons. The fourth-order valence-corrected chi connectivity index (χ4v) is 2.03. The van der Waals surface area contributed by atoms with Crippen molar-refractivity contribution in [1.82, 2.24) is 21.5 Å². The summed E-state index contributed by atoms with van der Waals surface area (Å²) >= 11 is 5.04. The molecular weight excluding hydrogens is 340 g/mol. The van der Waals surface area contributed by atoms with E-state index in [9.17, 15) is 9.59 Å². The Morgan fingerprint density at radius 3 is 2.56 bits per heavy atom. The molecule has 4 N–H and O–H groups in total. The summed E-state index contributed by atoms with van der Waals surface area (Å²) in [5.41, 5.74) is 5.41. The minimum absolute atomic E-state index is 0.180. The molecule has 0 fully saturated rings. The Morgan fingerprint density at radius 1 is 1.16 bits per heavy atom. The van der Waals surface area contributed by atoms with Crippen LogP contribution in [0, 0.1) is 5.92 Å². The quantitative estimate of drug-likeness (QED) is 0.410. The maximum Gasteiger partial charge on any atom is 0.257 e. The molecule has 0 aliphatic carbocycles. The summed E-state index contributed by atoms with van der Waals surface area (Å²) in [5.74, 6) is 0.267. The zero-order valence-electron chi connectivity index (χ0n) is 14.8. The van der Waals surface area contributed by atoms with Gasteiger partial charge in [-0.2, -0.15) is 0 Å². The molecular formula is C17H26N4O3S. The molecule has 0 spiro atoms. The normalized spacial score (nSPS) is 10.1. The zero-order valence-corrected chi connectivity index (χ0v) is 15.7. The van der Waals surface area contributed by atoms with Crippen LogP contribution >= 0.6 is 12.2 Å². The highest BCUT2D eigenvalue weighted by Gasteiger charge is 2.13. The first kappa shape index (κ1) is 20.7. The molecule has 0 bridgehead atoms. The van der Waals surface area contributed by atoms with Crippen LogP contribution in [0.15, 0.2) is 24.3 Å². The van der Waals surface area contributed by atoms with Gasteiger partial charge in [-0.3, -0.25) is 20.4 Å². The average molecular weight is 366 g/mol. The molecule has 8 heteroatoms. The van der Waals surface area contributed by atoms with Crippen LogP contribution in [0.2, 0.25) is 0 Å². The Hall–Kier alpha value is -2.35. The second-order valence-corrected chi connectivity index (χ2v) is 6.13. The van der Waals surface area contributed by atoms with Gasteiger partial charge in [0.2, 0.25) is 0 Å². The molecule has 138 valence electrons. The van der Waals surface area contributed by atoms with Crippen LogP contribution in [-0.4, -0.2) is 36.6 Å². The predicted octanol–water partition coefficient (Wildman–Crippen LogP) is 1.36.